The van der Waals surface area contributed by atoms with Crippen molar-refractivity contribution in [3.8, 4) is 17.0 Å². The minimum Gasteiger partial charge on any atom is -0.482 e. The van der Waals surface area contributed by atoms with Gasteiger partial charge in [-0.05, 0) is 50.1 Å². The van der Waals surface area contributed by atoms with Gasteiger partial charge in [0.15, 0.2) is 6.61 Å². The molecule has 1 saturated carbocycles. The maximum Gasteiger partial charge on any atom is 0.262 e. The van der Waals surface area contributed by atoms with Crippen LogP contribution in [0.4, 0.5) is 5.69 Å². The van der Waals surface area contributed by atoms with Crippen LogP contribution in [0.15, 0.2) is 58.2 Å². The van der Waals surface area contributed by atoms with Crippen LogP contribution in [0.1, 0.15) is 44.6 Å². The monoisotopic (exact) mass is 447 g/mol. The Labute approximate surface area is 190 Å². The van der Waals surface area contributed by atoms with Gasteiger partial charge >= 0.3 is 0 Å². The van der Waals surface area contributed by atoms with E-state index in [1.54, 1.807) is 23.7 Å². The first-order chi connectivity index (χ1) is 15.7. The Hall–Kier alpha value is -3.26. The normalized spacial score (nSPS) is 17.6. The first-order valence-electron chi connectivity index (χ1n) is 10.9. The molecule has 1 aliphatic carbocycles. The van der Waals surface area contributed by atoms with Crippen LogP contribution >= 0.6 is 11.3 Å². The molecule has 0 spiro atoms. The zero-order valence-corrected chi connectivity index (χ0v) is 18.8. The van der Waals surface area contributed by atoms with Gasteiger partial charge in [-0.1, -0.05) is 19.3 Å². The van der Waals surface area contributed by atoms with Crippen LogP contribution in [0, 0.1) is 0 Å². The van der Waals surface area contributed by atoms with Gasteiger partial charge < -0.3 is 10.1 Å². The molecule has 1 aromatic carbocycles. The number of nitrogens with one attached hydrogen (secondary N) is 1. The van der Waals surface area contributed by atoms with E-state index in [4.69, 9.17) is 14.8 Å². The van der Waals surface area contributed by atoms with Crippen molar-refractivity contribution in [2.24, 2.45) is 10.1 Å². The van der Waals surface area contributed by atoms with E-state index in [9.17, 15) is 4.79 Å². The van der Waals surface area contributed by atoms with Gasteiger partial charge in [0.2, 0.25) is 4.80 Å². The van der Waals surface area contributed by atoms with Crippen LogP contribution in [0.25, 0.3) is 11.3 Å². The molecule has 3 heterocycles. The lowest BCUT2D eigenvalue weighted by atomic mass is 9.96. The van der Waals surface area contributed by atoms with E-state index in [1.807, 2.05) is 41.9 Å². The van der Waals surface area contributed by atoms with Crippen LogP contribution in [0.2, 0.25) is 0 Å². The molecule has 0 atom stereocenters. The number of hydrogen-bond donors (Lipinski definition) is 1. The predicted octanol–water partition coefficient (Wildman–Crippen LogP) is 4.45. The first kappa shape index (κ1) is 20.6. The molecule has 0 radical (unpaired) electrons. The highest BCUT2D eigenvalue weighted by Crippen LogP contribution is 2.33. The van der Waals surface area contributed by atoms with E-state index in [2.05, 4.69) is 15.7 Å². The number of carbonyl (C=O) groups excluding carboxylic acids is 1. The highest BCUT2D eigenvalue weighted by Gasteiger charge is 2.19. The molecule has 5 rings (SSSR count). The summed E-state index contributed by atoms with van der Waals surface area (Å²) >= 11 is 1.60. The topological polar surface area (TPSA) is 80.9 Å². The van der Waals surface area contributed by atoms with Gasteiger partial charge in [-0.25, -0.2) is 4.68 Å². The minimum atomic E-state index is -0.146. The van der Waals surface area contributed by atoms with Crippen molar-refractivity contribution in [3.63, 3.8) is 0 Å². The minimum absolute atomic E-state index is 0.0463. The van der Waals surface area contributed by atoms with Crippen molar-refractivity contribution in [1.82, 2.24) is 9.66 Å². The number of benzene rings is 1. The number of anilines is 1. The molecule has 3 aromatic rings. The Morgan fingerprint density at radius 1 is 1.19 bits per heavy atom. The fourth-order valence-electron chi connectivity index (χ4n) is 4.09. The molecule has 7 nitrogen and oxygen atoms in total. The zero-order chi connectivity index (χ0) is 21.9. The van der Waals surface area contributed by atoms with Crippen molar-refractivity contribution in [3.05, 3.63) is 58.5 Å². The van der Waals surface area contributed by atoms with E-state index >= 15 is 0 Å². The highest BCUT2D eigenvalue weighted by atomic mass is 32.1. The van der Waals surface area contributed by atoms with Crippen molar-refractivity contribution in [2.75, 3.05) is 11.9 Å². The fraction of sp³-hybridized carbons (Fsp3) is 0.333. The summed E-state index contributed by atoms with van der Waals surface area (Å²) in [5, 5.41) is 9.94. The number of carbonyl (C=O) groups is 1. The summed E-state index contributed by atoms with van der Waals surface area (Å²) in [7, 11) is 0. The number of amides is 1. The number of rotatable bonds is 4. The van der Waals surface area contributed by atoms with Gasteiger partial charge in [0.05, 0.1) is 23.1 Å². The van der Waals surface area contributed by atoms with Crippen molar-refractivity contribution in [1.29, 1.82) is 0 Å². The van der Waals surface area contributed by atoms with Crippen LogP contribution < -0.4 is 14.9 Å². The number of ether oxygens (including phenoxy) is 1. The largest absolute Gasteiger partial charge is 0.482 e. The Bertz CT molecular complexity index is 1220. The maximum absolute atomic E-state index is 11.8. The summed E-state index contributed by atoms with van der Waals surface area (Å²) < 4.78 is 7.45. The maximum atomic E-state index is 11.8. The Kier molecular flexibility index (Phi) is 5.85. The SMILES string of the molecule is CC(=Nn1c(-c2ccc3c(c2)NC(=O)CO3)csc1=NC1CCCCC1)c1ccncc1. The molecule has 1 amide bonds. The second-order valence-corrected chi connectivity index (χ2v) is 8.94. The molecule has 1 N–H and O–H groups in total. The summed E-state index contributed by atoms with van der Waals surface area (Å²) in [6, 6.07) is 10.1. The average Bonchev–Trinajstić information content (AvgIpc) is 3.21. The molecule has 0 saturated heterocycles. The van der Waals surface area contributed by atoms with Gasteiger partial charge in [0, 0.05) is 28.9 Å². The summed E-state index contributed by atoms with van der Waals surface area (Å²) in [5.74, 6) is 0.533. The van der Waals surface area contributed by atoms with E-state index in [0.29, 0.717) is 17.5 Å². The molecule has 1 aliphatic heterocycles. The summed E-state index contributed by atoms with van der Waals surface area (Å²) in [6.45, 7) is 2.04. The van der Waals surface area contributed by atoms with Gasteiger partial charge in [-0.15, -0.1) is 11.3 Å². The molecule has 1 fully saturated rings. The molecule has 0 bridgehead atoms. The number of thiazole rings is 1. The summed E-state index contributed by atoms with van der Waals surface area (Å²) in [6.07, 6.45) is 9.56. The molecule has 2 aliphatic rings. The van der Waals surface area contributed by atoms with Crippen LogP contribution in [0.3, 0.4) is 0 Å². The molecule has 32 heavy (non-hydrogen) atoms. The predicted molar refractivity (Wildman–Crippen MR) is 126 cm³/mol. The number of hydrogen-bond acceptors (Lipinski definition) is 6. The van der Waals surface area contributed by atoms with Gasteiger partial charge in [-0.3, -0.25) is 14.8 Å². The Morgan fingerprint density at radius 2 is 2.00 bits per heavy atom. The standard InChI is InChI=1S/C24H25N5O2S/c1-16(17-9-11-25-12-10-17)28-29-21(15-32-24(29)26-19-5-3-2-4-6-19)18-7-8-22-20(13-18)27-23(30)14-31-22/h7-13,15,19H,2-6,14H2,1H3,(H,27,30). The molecule has 2 aromatic heterocycles. The molecule has 8 heteroatoms. The Morgan fingerprint density at radius 3 is 2.81 bits per heavy atom. The average molecular weight is 448 g/mol. The van der Waals surface area contributed by atoms with Crippen molar-refractivity contribution >= 4 is 28.6 Å². The lowest BCUT2D eigenvalue weighted by molar-refractivity contribution is -0.118. The molecular formula is C24H25N5O2S. The van der Waals surface area contributed by atoms with E-state index in [-0.39, 0.29) is 12.5 Å². The molecule has 164 valence electrons. The second kappa shape index (κ2) is 9.08. The fourth-order valence-corrected chi connectivity index (χ4v) is 5.00. The number of fused-ring (bicyclic) bond motifs is 1. The zero-order valence-electron chi connectivity index (χ0n) is 18.0. The van der Waals surface area contributed by atoms with Gasteiger partial charge in [-0.2, -0.15) is 5.10 Å². The third kappa shape index (κ3) is 4.36. The molecule has 0 unspecified atom stereocenters. The summed E-state index contributed by atoms with van der Waals surface area (Å²) in [5.41, 5.74) is 4.45. The van der Waals surface area contributed by atoms with E-state index < -0.39 is 0 Å². The van der Waals surface area contributed by atoms with E-state index in [0.717, 1.165) is 40.2 Å². The smallest absolute Gasteiger partial charge is 0.262 e. The quantitative estimate of drug-likeness (QED) is 0.600. The number of aromatic nitrogens is 2. The summed E-state index contributed by atoms with van der Waals surface area (Å²) in [4.78, 5) is 21.9. The van der Waals surface area contributed by atoms with Crippen molar-refractivity contribution < 1.29 is 9.53 Å². The highest BCUT2D eigenvalue weighted by molar-refractivity contribution is 7.07. The lowest BCUT2D eigenvalue weighted by Gasteiger charge is -2.18. The van der Waals surface area contributed by atoms with E-state index in [1.165, 1.54) is 19.3 Å². The van der Waals surface area contributed by atoms with Crippen molar-refractivity contribution in [2.45, 2.75) is 45.1 Å². The van der Waals surface area contributed by atoms with Crippen LogP contribution in [-0.4, -0.2) is 33.9 Å². The first-order valence-corrected chi connectivity index (χ1v) is 11.8. The molecular weight excluding hydrogens is 422 g/mol. The third-order valence-electron chi connectivity index (χ3n) is 5.81. The number of pyridine rings is 1. The van der Waals surface area contributed by atoms with Crippen LogP contribution in [0.5, 0.6) is 5.75 Å². The number of nitrogens with zero attached hydrogens (tertiary/aromatic N) is 4. The lowest BCUT2D eigenvalue weighted by Crippen LogP contribution is -2.25. The second-order valence-electron chi connectivity index (χ2n) is 8.11. The van der Waals surface area contributed by atoms with Gasteiger partial charge in [0.25, 0.3) is 5.91 Å². The Balaban J connectivity index is 1.61. The third-order valence-corrected chi connectivity index (χ3v) is 6.64. The van der Waals surface area contributed by atoms with Gasteiger partial charge in [0.1, 0.15) is 5.75 Å². The van der Waals surface area contributed by atoms with Crippen LogP contribution in [-0.2, 0) is 4.79 Å².